The summed E-state index contributed by atoms with van der Waals surface area (Å²) in [5.74, 6) is -1.36. The van der Waals surface area contributed by atoms with Gasteiger partial charge in [0, 0.05) is 24.2 Å². The number of nitrogens with one attached hydrogen (secondary N) is 3. The SMILES string of the molecule is COc1cc(CNN(C(=O)CC(=O)COc2ccc(Cl)cc2)[C@@H](CCCNC(=N)N)C(=O)O)cc(OC)c1. The number of hydrazine groups is 1. The Balaban J connectivity index is 2.15. The second kappa shape index (κ2) is 15.3. The number of hydrogen-bond acceptors (Lipinski definition) is 8. The fraction of sp³-hybridized carbons (Fsp3) is 0.360. The number of hydrogen-bond donors (Lipinski definition) is 5. The fourth-order valence-corrected chi connectivity index (χ4v) is 3.52. The number of amides is 1. The number of guanidine groups is 1. The molecule has 2 rings (SSSR count). The molecular weight excluding hydrogens is 518 g/mol. The minimum absolute atomic E-state index is 0.0330. The van der Waals surface area contributed by atoms with E-state index in [9.17, 15) is 19.5 Å². The summed E-state index contributed by atoms with van der Waals surface area (Å²) in [4.78, 5) is 37.8. The molecule has 0 unspecified atom stereocenters. The number of nitrogens with zero attached hydrogens (tertiary/aromatic N) is 1. The highest BCUT2D eigenvalue weighted by atomic mass is 35.5. The maximum Gasteiger partial charge on any atom is 0.328 e. The van der Waals surface area contributed by atoms with Crippen molar-refractivity contribution in [2.24, 2.45) is 5.73 Å². The zero-order valence-electron chi connectivity index (χ0n) is 21.2. The number of methoxy groups -OCH3 is 2. The number of ketones is 1. The van der Waals surface area contributed by atoms with Gasteiger partial charge in [0.15, 0.2) is 11.7 Å². The smallest absolute Gasteiger partial charge is 0.328 e. The van der Waals surface area contributed by atoms with Crippen LogP contribution in [0.5, 0.6) is 17.2 Å². The Hall–Kier alpha value is -4.03. The molecule has 0 heterocycles. The first kappa shape index (κ1) is 30.2. The van der Waals surface area contributed by atoms with Crippen LogP contribution < -0.4 is 30.7 Å². The number of ether oxygens (including phenoxy) is 3. The molecule has 0 bridgehead atoms. The van der Waals surface area contributed by atoms with E-state index in [4.69, 9.17) is 37.0 Å². The summed E-state index contributed by atoms with van der Waals surface area (Å²) in [6.45, 7) is -0.0963. The van der Waals surface area contributed by atoms with Crippen LogP contribution >= 0.6 is 11.6 Å². The van der Waals surface area contributed by atoms with E-state index in [2.05, 4.69) is 10.7 Å². The van der Waals surface area contributed by atoms with E-state index in [1.165, 1.54) is 14.2 Å². The highest BCUT2D eigenvalue weighted by molar-refractivity contribution is 6.30. The largest absolute Gasteiger partial charge is 0.497 e. The minimum atomic E-state index is -1.30. The molecule has 0 aromatic heterocycles. The molecule has 0 aliphatic rings. The third-order valence-electron chi connectivity index (χ3n) is 5.26. The normalized spacial score (nSPS) is 11.2. The van der Waals surface area contributed by atoms with Crippen LogP contribution in [0.3, 0.4) is 0 Å². The van der Waals surface area contributed by atoms with E-state index in [1.54, 1.807) is 42.5 Å². The quantitative estimate of drug-likeness (QED) is 0.0683. The minimum Gasteiger partial charge on any atom is -0.497 e. The second-order valence-corrected chi connectivity index (χ2v) is 8.55. The lowest BCUT2D eigenvalue weighted by atomic mass is 10.1. The molecule has 38 heavy (non-hydrogen) atoms. The van der Waals surface area contributed by atoms with E-state index >= 15 is 0 Å². The Morgan fingerprint density at radius 3 is 2.26 bits per heavy atom. The first-order valence-electron chi connectivity index (χ1n) is 11.6. The number of aliphatic carboxylic acids is 1. The van der Waals surface area contributed by atoms with Gasteiger partial charge < -0.3 is 30.4 Å². The summed E-state index contributed by atoms with van der Waals surface area (Å²) < 4.78 is 15.9. The van der Waals surface area contributed by atoms with Crippen molar-refractivity contribution in [2.75, 3.05) is 27.4 Å². The molecule has 0 saturated carbocycles. The monoisotopic (exact) mass is 549 g/mol. The highest BCUT2D eigenvalue weighted by Crippen LogP contribution is 2.23. The number of benzene rings is 2. The van der Waals surface area contributed by atoms with Gasteiger partial charge in [-0.1, -0.05) is 11.6 Å². The number of carboxylic acid groups (broad SMARTS) is 1. The van der Waals surface area contributed by atoms with Crippen molar-refractivity contribution in [1.29, 1.82) is 5.41 Å². The molecule has 0 aliphatic heterocycles. The summed E-state index contributed by atoms with van der Waals surface area (Å²) in [6, 6.07) is 10.2. The van der Waals surface area contributed by atoms with Crippen LogP contribution in [-0.4, -0.2) is 67.1 Å². The van der Waals surface area contributed by atoms with E-state index in [-0.39, 0.29) is 32.1 Å². The number of rotatable bonds is 16. The standard InChI is InChI=1S/C25H32ClN5O7/c1-36-20-10-16(11-21(13-20)37-2)14-30-31(22(24(34)35)4-3-9-29-25(27)28)23(33)12-18(32)15-38-19-7-5-17(26)6-8-19/h5-8,10-11,13,22,30H,3-4,9,12,14-15H2,1-2H3,(H,34,35)(H4,27,28,29)/t22-/m0/s1. The molecular formula is C25H32ClN5O7. The first-order valence-corrected chi connectivity index (χ1v) is 12.0. The van der Waals surface area contributed by atoms with Crippen LogP contribution in [0.25, 0.3) is 0 Å². The Morgan fingerprint density at radius 2 is 1.71 bits per heavy atom. The summed E-state index contributed by atoms with van der Waals surface area (Å²) in [5.41, 5.74) is 8.78. The number of carbonyl (C=O) groups is 3. The van der Waals surface area contributed by atoms with Gasteiger partial charge in [-0.3, -0.25) is 20.0 Å². The lowest BCUT2D eigenvalue weighted by Crippen LogP contribution is -2.53. The zero-order chi connectivity index (χ0) is 28.1. The molecule has 2 aromatic carbocycles. The molecule has 206 valence electrons. The Labute approximate surface area is 225 Å². The molecule has 0 fully saturated rings. The van der Waals surface area contributed by atoms with Crippen LogP contribution in [0.4, 0.5) is 0 Å². The van der Waals surface area contributed by atoms with Gasteiger partial charge in [-0.25, -0.2) is 10.2 Å². The third kappa shape index (κ3) is 10.1. The molecule has 0 saturated heterocycles. The first-order chi connectivity index (χ1) is 18.1. The molecule has 0 spiro atoms. The number of carboxylic acids is 1. The molecule has 1 amide bonds. The fourth-order valence-electron chi connectivity index (χ4n) is 3.40. The summed E-state index contributed by atoms with van der Waals surface area (Å²) >= 11 is 5.84. The predicted octanol–water partition coefficient (Wildman–Crippen LogP) is 1.95. The maximum atomic E-state index is 13.2. The summed E-state index contributed by atoms with van der Waals surface area (Å²) in [5, 5.41) is 21.2. The van der Waals surface area contributed by atoms with Crippen LogP contribution in [0.15, 0.2) is 42.5 Å². The van der Waals surface area contributed by atoms with Gasteiger partial charge >= 0.3 is 5.97 Å². The molecule has 0 radical (unpaired) electrons. The van der Waals surface area contributed by atoms with Crippen molar-refractivity contribution in [3.8, 4) is 17.2 Å². The number of nitrogens with two attached hydrogens (primary N) is 1. The van der Waals surface area contributed by atoms with Crippen molar-refractivity contribution >= 4 is 35.2 Å². The molecule has 6 N–H and O–H groups in total. The van der Waals surface area contributed by atoms with Crippen molar-refractivity contribution < 1.29 is 33.7 Å². The van der Waals surface area contributed by atoms with Crippen LogP contribution in [0, 0.1) is 5.41 Å². The van der Waals surface area contributed by atoms with Gasteiger partial charge in [0.1, 0.15) is 29.9 Å². The van der Waals surface area contributed by atoms with Gasteiger partial charge in [0.2, 0.25) is 5.91 Å². The summed E-state index contributed by atoms with van der Waals surface area (Å²) in [6.07, 6.45) is -0.259. The van der Waals surface area contributed by atoms with Crippen molar-refractivity contribution in [3.63, 3.8) is 0 Å². The zero-order valence-corrected chi connectivity index (χ0v) is 21.9. The Kier molecular flexibility index (Phi) is 12.1. The highest BCUT2D eigenvalue weighted by Gasteiger charge is 2.30. The maximum absolute atomic E-state index is 13.2. The van der Waals surface area contributed by atoms with Crippen molar-refractivity contribution in [3.05, 3.63) is 53.1 Å². The van der Waals surface area contributed by atoms with E-state index in [0.29, 0.717) is 34.3 Å². The lowest BCUT2D eigenvalue weighted by molar-refractivity contribution is -0.155. The topological polar surface area (TPSA) is 176 Å². The number of Topliss-reactive ketones (excluding diaryl/α,β-unsaturated/α-hetero) is 1. The van der Waals surface area contributed by atoms with Crippen LogP contribution in [0.2, 0.25) is 5.02 Å². The molecule has 1 atom stereocenters. The van der Waals surface area contributed by atoms with Crippen LogP contribution in [-0.2, 0) is 20.9 Å². The average molecular weight is 550 g/mol. The van der Waals surface area contributed by atoms with Gasteiger partial charge in [-0.05, 0) is 54.8 Å². The van der Waals surface area contributed by atoms with Crippen molar-refractivity contribution in [2.45, 2.75) is 31.8 Å². The molecule has 12 nitrogen and oxygen atoms in total. The van der Waals surface area contributed by atoms with Crippen LogP contribution in [0.1, 0.15) is 24.8 Å². The molecule has 0 aliphatic carbocycles. The number of carbonyl (C=O) groups excluding carboxylic acids is 2. The summed E-state index contributed by atoms with van der Waals surface area (Å²) in [7, 11) is 2.99. The molecule has 13 heteroatoms. The average Bonchev–Trinajstić information content (AvgIpc) is 2.88. The van der Waals surface area contributed by atoms with E-state index in [1.807, 2.05) is 0 Å². The Morgan fingerprint density at radius 1 is 1.08 bits per heavy atom. The molecule has 2 aromatic rings. The van der Waals surface area contributed by atoms with Gasteiger partial charge in [0.25, 0.3) is 0 Å². The van der Waals surface area contributed by atoms with Gasteiger partial charge in [0.05, 0.1) is 20.6 Å². The van der Waals surface area contributed by atoms with E-state index < -0.39 is 30.1 Å². The predicted molar refractivity (Wildman–Crippen MR) is 140 cm³/mol. The Bertz CT molecular complexity index is 1090. The van der Waals surface area contributed by atoms with E-state index in [0.717, 1.165) is 5.01 Å². The lowest BCUT2D eigenvalue weighted by Gasteiger charge is -2.29. The van der Waals surface area contributed by atoms with Gasteiger partial charge in [-0.2, -0.15) is 0 Å². The van der Waals surface area contributed by atoms with Crippen molar-refractivity contribution in [1.82, 2.24) is 15.8 Å². The second-order valence-electron chi connectivity index (χ2n) is 8.11. The third-order valence-corrected chi connectivity index (χ3v) is 5.51. The van der Waals surface area contributed by atoms with Gasteiger partial charge in [-0.15, -0.1) is 0 Å². The number of halogens is 1.